The number of urea groups is 1. The van der Waals surface area contributed by atoms with Gasteiger partial charge in [0.05, 0.1) is 31.2 Å². The van der Waals surface area contributed by atoms with Gasteiger partial charge in [-0.2, -0.15) is 5.10 Å². The number of aryl methyl sites for hydroxylation is 1. The van der Waals surface area contributed by atoms with Crippen molar-refractivity contribution in [1.82, 2.24) is 15.1 Å². The molecular weight excluding hydrogens is 578 g/mol. The predicted molar refractivity (Wildman–Crippen MR) is 183 cm³/mol. The molecule has 0 saturated carbocycles. The number of Topliss-reactive ketones (excluding diaryl/α,β-unsaturated/α-hetero) is 1. The minimum atomic E-state index is -0.372. The third-order valence-corrected chi connectivity index (χ3v) is 8.64. The second kappa shape index (κ2) is 14.2. The summed E-state index contributed by atoms with van der Waals surface area (Å²) in [6.45, 7) is 10.1. The fourth-order valence-electron chi connectivity index (χ4n) is 5.99. The lowest BCUT2D eigenvalue weighted by Crippen LogP contribution is -2.31. The molecule has 3 aromatic carbocycles. The van der Waals surface area contributed by atoms with E-state index in [-0.39, 0.29) is 23.1 Å². The van der Waals surface area contributed by atoms with Gasteiger partial charge in [0, 0.05) is 29.7 Å². The van der Waals surface area contributed by atoms with Crippen molar-refractivity contribution in [3.8, 4) is 17.2 Å². The molecule has 4 aromatic rings. The van der Waals surface area contributed by atoms with Crippen molar-refractivity contribution in [3.63, 3.8) is 0 Å². The molecule has 1 aromatic heterocycles. The number of amides is 2. The molecule has 242 valence electrons. The monoisotopic (exact) mass is 623 g/mol. The minimum absolute atomic E-state index is 0.0122. The Kier molecular flexibility index (Phi) is 10.1. The van der Waals surface area contributed by atoms with Crippen molar-refractivity contribution in [2.45, 2.75) is 58.3 Å². The number of benzene rings is 3. The van der Waals surface area contributed by atoms with E-state index in [1.807, 2.05) is 55.5 Å². The zero-order valence-corrected chi connectivity index (χ0v) is 27.6. The summed E-state index contributed by atoms with van der Waals surface area (Å²) in [5.41, 5.74) is 4.89. The molecule has 0 spiro atoms. The smallest absolute Gasteiger partial charge is 0.324 e. The van der Waals surface area contributed by atoms with Crippen molar-refractivity contribution in [2.24, 2.45) is 5.92 Å². The first kappa shape index (κ1) is 32.8. The molecule has 0 radical (unpaired) electrons. The Labute approximate surface area is 271 Å². The predicted octanol–water partition coefficient (Wildman–Crippen LogP) is 7.50. The Balaban J connectivity index is 1.38. The number of methoxy groups -OCH3 is 2. The van der Waals surface area contributed by atoms with Crippen LogP contribution in [0, 0.1) is 12.8 Å². The SMILES string of the molecule is COc1ccc(C(=O)CC(c2cccc(NC(=O)Nc3cc(C(C)(C)C)nn3-c3ccc(C)cc3)c2)C2CCNCC2)c(OC)c1. The molecule has 1 saturated heterocycles. The second-order valence-corrected chi connectivity index (χ2v) is 13.0. The third-order valence-electron chi connectivity index (χ3n) is 8.64. The number of ketones is 1. The summed E-state index contributed by atoms with van der Waals surface area (Å²) in [6, 6.07) is 22.7. The van der Waals surface area contributed by atoms with Crippen LogP contribution in [0.4, 0.5) is 16.3 Å². The van der Waals surface area contributed by atoms with E-state index < -0.39 is 0 Å². The van der Waals surface area contributed by atoms with E-state index in [9.17, 15) is 9.59 Å². The summed E-state index contributed by atoms with van der Waals surface area (Å²) in [5, 5.41) is 14.3. The van der Waals surface area contributed by atoms with Gasteiger partial charge in [-0.05, 0) is 86.7 Å². The van der Waals surface area contributed by atoms with Crippen LogP contribution in [0.25, 0.3) is 5.69 Å². The van der Waals surface area contributed by atoms with Crippen molar-refractivity contribution in [3.05, 3.63) is 95.2 Å². The van der Waals surface area contributed by atoms with Gasteiger partial charge in [0.1, 0.15) is 17.3 Å². The molecule has 0 bridgehead atoms. The number of aromatic nitrogens is 2. The van der Waals surface area contributed by atoms with Gasteiger partial charge in [0.2, 0.25) is 0 Å². The zero-order valence-electron chi connectivity index (χ0n) is 27.6. The Bertz CT molecular complexity index is 1670. The van der Waals surface area contributed by atoms with Crippen LogP contribution in [0.5, 0.6) is 11.5 Å². The number of rotatable bonds is 10. The zero-order chi connectivity index (χ0) is 32.8. The highest BCUT2D eigenvalue weighted by Crippen LogP contribution is 2.37. The molecule has 1 aliphatic rings. The van der Waals surface area contributed by atoms with Crippen LogP contribution in [0.2, 0.25) is 0 Å². The van der Waals surface area contributed by atoms with Crippen LogP contribution in [-0.4, -0.2) is 48.9 Å². The van der Waals surface area contributed by atoms with Crippen molar-refractivity contribution in [2.75, 3.05) is 37.9 Å². The maximum absolute atomic E-state index is 13.7. The first-order valence-electron chi connectivity index (χ1n) is 15.9. The molecule has 2 amide bonds. The van der Waals surface area contributed by atoms with Gasteiger partial charge in [-0.3, -0.25) is 10.1 Å². The van der Waals surface area contributed by atoms with Crippen LogP contribution in [0.15, 0.2) is 72.8 Å². The average molecular weight is 624 g/mol. The molecule has 1 unspecified atom stereocenters. The van der Waals surface area contributed by atoms with Crippen LogP contribution >= 0.6 is 0 Å². The van der Waals surface area contributed by atoms with E-state index in [2.05, 4.69) is 42.8 Å². The summed E-state index contributed by atoms with van der Waals surface area (Å²) in [5.74, 6) is 2.02. The number of nitrogens with one attached hydrogen (secondary N) is 3. The van der Waals surface area contributed by atoms with E-state index in [0.29, 0.717) is 40.9 Å². The fraction of sp³-hybridized carbons (Fsp3) is 0.378. The number of anilines is 2. The molecular formula is C37H45N5O4. The van der Waals surface area contributed by atoms with Crippen molar-refractivity contribution >= 4 is 23.3 Å². The van der Waals surface area contributed by atoms with Gasteiger partial charge in [-0.15, -0.1) is 0 Å². The Morgan fingerprint density at radius 1 is 0.957 bits per heavy atom. The molecule has 9 heteroatoms. The summed E-state index contributed by atoms with van der Waals surface area (Å²) < 4.78 is 12.6. The minimum Gasteiger partial charge on any atom is -0.497 e. The van der Waals surface area contributed by atoms with Crippen LogP contribution < -0.4 is 25.4 Å². The fourth-order valence-corrected chi connectivity index (χ4v) is 5.99. The first-order valence-corrected chi connectivity index (χ1v) is 15.9. The number of carbonyl (C=O) groups excluding carboxylic acids is 2. The molecule has 1 aliphatic heterocycles. The second-order valence-electron chi connectivity index (χ2n) is 13.0. The standard InChI is InChI=1S/C37H45N5O4/c1-24-10-12-28(13-11-24)42-35(23-34(41-42)37(2,3)4)40-36(44)39-27-9-7-8-26(20-27)31(25-16-18-38-19-17-25)22-32(43)30-15-14-29(45-5)21-33(30)46-6/h7-15,20-21,23,25,31,38H,16-19,22H2,1-6H3,(H2,39,40,44). The van der Waals surface area contributed by atoms with Gasteiger partial charge in [0.25, 0.3) is 0 Å². The molecule has 0 aliphatic carbocycles. The number of carbonyl (C=O) groups is 2. The quantitative estimate of drug-likeness (QED) is 0.158. The summed E-state index contributed by atoms with van der Waals surface area (Å²) in [7, 11) is 3.15. The number of hydrogen-bond donors (Lipinski definition) is 3. The topological polar surface area (TPSA) is 107 Å². The number of hydrogen-bond acceptors (Lipinski definition) is 6. The van der Waals surface area contributed by atoms with Gasteiger partial charge >= 0.3 is 6.03 Å². The molecule has 3 N–H and O–H groups in total. The highest BCUT2D eigenvalue weighted by Gasteiger charge is 2.29. The lowest BCUT2D eigenvalue weighted by molar-refractivity contribution is 0.0956. The van der Waals surface area contributed by atoms with Crippen molar-refractivity contribution in [1.29, 1.82) is 0 Å². The first-order chi connectivity index (χ1) is 22.0. The van der Waals surface area contributed by atoms with Crippen LogP contribution in [0.1, 0.15) is 73.1 Å². The lowest BCUT2D eigenvalue weighted by atomic mass is 9.77. The van der Waals surface area contributed by atoms with E-state index >= 15 is 0 Å². The van der Waals surface area contributed by atoms with Crippen LogP contribution in [0.3, 0.4) is 0 Å². The average Bonchev–Trinajstić information content (AvgIpc) is 3.48. The highest BCUT2D eigenvalue weighted by atomic mass is 16.5. The largest absolute Gasteiger partial charge is 0.497 e. The normalized spacial score (nSPS) is 14.4. The summed E-state index contributed by atoms with van der Waals surface area (Å²) in [4.78, 5) is 27.1. The van der Waals surface area contributed by atoms with Crippen molar-refractivity contribution < 1.29 is 19.1 Å². The molecule has 9 nitrogen and oxygen atoms in total. The number of piperidine rings is 1. The number of nitrogens with zero attached hydrogens (tertiary/aromatic N) is 2. The van der Waals surface area contributed by atoms with E-state index in [1.54, 1.807) is 37.1 Å². The maximum atomic E-state index is 13.7. The Morgan fingerprint density at radius 2 is 1.70 bits per heavy atom. The molecule has 46 heavy (non-hydrogen) atoms. The third kappa shape index (κ3) is 7.77. The van der Waals surface area contributed by atoms with Gasteiger partial charge in [-0.25, -0.2) is 9.48 Å². The van der Waals surface area contributed by atoms with E-state index in [4.69, 9.17) is 14.6 Å². The van der Waals surface area contributed by atoms with E-state index in [1.165, 1.54) is 0 Å². The number of ether oxygens (including phenoxy) is 2. The lowest BCUT2D eigenvalue weighted by Gasteiger charge is -2.31. The van der Waals surface area contributed by atoms with Gasteiger partial charge in [0.15, 0.2) is 5.78 Å². The molecule has 2 heterocycles. The molecule has 1 fully saturated rings. The van der Waals surface area contributed by atoms with E-state index in [0.717, 1.165) is 48.4 Å². The van der Waals surface area contributed by atoms with Gasteiger partial charge in [-0.1, -0.05) is 50.6 Å². The highest BCUT2D eigenvalue weighted by molar-refractivity contribution is 6.00. The molecule has 1 atom stereocenters. The Hall–Kier alpha value is -4.63. The molecule has 5 rings (SSSR count). The van der Waals surface area contributed by atoms with Gasteiger partial charge < -0.3 is 20.1 Å². The summed E-state index contributed by atoms with van der Waals surface area (Å²) in [6.07, 6.45) is 2.26. The maximum Gasteiger partial charge on any atom is 0.324 e. The van der Waals surface area contributed by atoms with Crippen LogP contribution in [-0.2, 0) is 5.41 Å². The Morgan fingerprint density at radius 3 is 2.37 bits per heavy atom. The summed E-state index contributed by atoms with van der Waals surface area (Å²) >= 11 is 0.